The van der Waals surface area contributed by atoms with E-state index in [4.69, 9.17) is 5.73 Å². The molecule has 90 valence electrons. The standard InChI is InChI=1S/C13H13BrFNS/c1-7-5-8(2)17-13(7)12(16)10-6-9(15)3-4-11(10)14/h3-6,12H,16H2,1-2H3. The minimum Gasteiger partial charge on any atom is -0.320 e. The molecule has 0 aliphatic carbocycles. The van der Waals surface area contributed by atoms with Crippen LogP contribution in [0.2, 0.25) is 0 Å². The van der Waals surface area contributed by atoms with E-state index in [1.807, 2.05) is 6.92 Å². The maximum Gasteiger partial charge on any atom is 0.123 e. The second-order valence-electron chi connectivity index (χ2n) is 4.05. The maximum absolute atomic E-state index is 13.3. The van der Waals surface area contributed by atoms with Crippen LogP contribution < -0.4 is 5.73 Å². The van der Waals surface area contributed by atoms with E-state index < -0.39 is 0 Å². The van der Waals surface area contributed by atoms with Crippen LogP contribution in [0.15, 0.2) is 28.7 Å². The molecule has 0 bridgehead atoms. The topological polar surface area (TPSA) is 26.0 Å². The van der Waals surface area contributed by atoms with Gasteiger partial charge in [-0.15, -0.1) is 11.3 Å². The largest absolute Gasteiger partial charge is 0.320 e. The molecule has 2 rings (SSSR count). The number of hydrogen-bond donors (Lipinski definition) is 1. The maximum atomic E-state index is 13.3. The molecule has 1 unspecified atom stereocenters. The lowest BCUT2D eigenvalue weighted by Crippen LogP contribution is -2.12. The molecule has 1 heterocycles. The highest BCUT2D eigenvalue weighted by molar-refractivity contribution is 9.10. The molecule has 0 fully saturated rings. The first-order valence-corrected chi connectivity index (χ1v) is 6.87. The van der Waals surface area contributed by atoms with Gasteiger partial charge in [-0.1, -0.05) is 15.9 Å². The molecule has 17 heavy (non-hydrogen) atoms. The molecule has 1 nitrogen and oxygen atoms in total. The first-order chi connectivity index (χ1) is 7.99. The van der Waals surface area contributed by atoms with E-state index in [0.717, 1.165) is 20.5 Å². The summed E-state index contributed by atoms with van der Waals surface area (Å²) in [6.45, 7) is 4.08. The van der Waals surface area contributed by atoms with Crippen molar-refractivity contribution in [3.63, 3.8) is 0 Å². The van der Waals surface area contributed by atoms with Gasteiger partial charge in [0.1, 0.15) is 5.82 Å². The highest BCUT2D eigenvalue weighted by atomic mass is 79.9. The first-order valence-electron chi connectivity index (χ1n) is 5.26. The molecular weight excluding hydrogens is 301 g/mol. The second kappa shape index (κ2) is 4.88. The monoisotopic (exact) mass is 313 g/mol. The van der Waals surface area contributed by atoms with Gasteiger partial charge in [0.05, 0.1) is 6.04 Å². The number of nitrogens with two attached hydrogens (primary N) is 1. The van der Waals surface area contributed by atoms with E-state index in [1.165, 1.54) is 17.0 Å². The summed E-state index contributed by atoms with van der Waals surface area (Å²) in [6.07, 6.45) is 0. The summed E-state index contributed by atoms with van der Waals surface area (Å²) in [6, 6.07) is 6.43. The Labute approximate surface area is 113 Å². The highest BCUT2D eigenvalue weighted by Gasteiger charge is 2.17. The van der Waals surface area contributed by atoms with Crippen LogP contribution in [-0.4, -0.2) is 0 Å². The number of thiophene rings is 1. The number of benzene rings is 1. The van der Waals surface area contributed by atoms with Gasteiger partial charge in [-0.3, -0.25) is 0 Å². The van der Waals surface area contributed by atoms with Crippen molar-refractivity contribution in [2.45, 2.75) is 19.9 Å². The van der Waals surface area contributed by atoms with Crippen LogP contribution in [0.4, 0.5) is 4.39 Å². The van der Waals surface area contributed by atoms with Crippen LogP contribution in [0, 0.1) is 19.7 Å². The fraction of sp³-hybridized carbons (Fsp3) is 0.231. The van der Waals surface area contributed by atoms with Crippen LogP contribution in [0.25, 0.3) is 0 Å². The van der Waals surface area contributed by atoms with E-state index in [-0.39, 0.29) is 11.9 Å². The van der Waals surface area contributed by atoms with Crippen molar-refractivity contribution in [1.82, 2.24) is 0 Å². The van der Waals surface area contributed by atoms with Gasteiger partial charge in [0.15, 0.2) is 0 Å². The summed E-state index contributed by atoms with van der Waals surface area (Å²) in [5, 5.41) is 0. The van der Waals surface area contributed by atoms with Gasteiger partial charge < -0.3 is 5.73 Å². The van der Waals surface area contributed by atoms with E-state index in [1.54, 1.807) is 17.4 Å². The van der Waals surface area contributed by atoms with Crippen molar-refractivity contribution >= 4 is 27.3 Å². The molecule has 0 saturated carbocycles. The minimum absolute atomic E-state index is 0.260. The zero-order chi connectivity index (χ0) is 12.6. The van der Waals surface area contributed by atoms with Crippen molar-refractivity contribution in [1.29, 1.82) is 0 Å². The third-order valence-electron chi connectivity index (χ3n) is 2.65. The number of hydrogen-bond acceptors (Lipinski definition) is 2. The smallest absolute Gasteiger partial charge is 0.123 e. The number of halogens is 2. The van der Waals surface area contributed by atoms with Crippen molar-refractivity contribution in [3.8, 4) is 0 Å². The average molecular weight is 314 g/mol. The molecule has 1 atom stereocenters. The molecular formula is C13H13BrFNS. The molecule has 4 heteroatoms. The van der Waals surface area contributed by atoms with Gasteiger partial charge in [-0.25, -0.2) is 4.39 Å². The van der Waals surface area contributed by atoms with Crippen LogP contribution in [0.3, 0.4) is 0 Å². The molecule has 0 radical (unpaired) electrons. The fourth-order valence-corrected chi connectivity index (χ4v) is 3.41. The van der Waals surface area contributed by atoms with Crippen LogP contribution in [0.5, 0.6) is 0 Å². The average Bonchev–Trinajstić information content (AvgIpc) is 2.60. The normalized spacial score (nSPS) is 12.8. The minimum atomic E-state index is -0.279. The van der Waals surface area contributed by atoms with E-state index >= 15 is 0 Å². The van der Waals surface area contributed by atoms with Gasteiger partial charge in [-0.2, -0.15) is 0 Å². The van der Waals surface area contributed by atoms with E-state index in [0.29, 0.717) is 0 Å². The van der Waals surface area contributed by atoms with Crippen molar-refractivity contribution in [3.05, 3.63) is 55.4 Å². The molecule has 1 aromatic heterocycles. The van der Waals surface area contributed by atoms with Gasteiger partial charge >= 0.3 is 0 Å². The Balaban J connectivity index is 2.46. The molecule has 2 N–H and O–H groups in total. The predicted molar refractivity (Wildman–Crippen MR) is 73.9 cm³/mol. The zero-order valence-corrected chi connectivity index (χ0v) is 12.0. The molecule has 0 amide bonds. The van der Waals surface area contributed by atoms with Crippen LogP contribution in [0.1, 0.15) is 26.9 Å². The molecule has 0 saturated heterocycles. The van der Waals surface area contributed by atoms with Gasteiger partial charge in [0, 0.05) is 14.2 Å². The van der Waals surface area contributed by atoms with E-state index in [9.17, 15) is 4.39 Å². The van der Waals surface area contributed by atoms with E-state index in [2.05, 4.69) is 28.9 Å². The Kier molecular flexibility index (Phi) is 3.66. The summed E-state index contributed by atoms with van der Waals surface area (Å²) >= 11 is 5.08. The second-order valence-corrected chi connectivity index (χ2v) is 6.19. The van der Waals surface area contributed by atoms with Gasteiger partial charge in [0.25, 0.3) is 0 Å². The Bertz CT molecular complexity index is 550. The predicted octanol–water partition coefficient (Wildman–Crippen LogP) is 4.31. The first kappa shape index (κ1) is 12.7. The lowest BCUT2D eigenvalue weighted by atomic mass is 10.0. The molecule has 1 aromatic carbocycles. The lowest BCUT2D eigenvalue weighted by molar-refractivity contribution is 0.623. The summed E-state index contributed by atoms with van der Waals surface area (Å²) in [4.78, 5) is 2.31. The summed E-state index contributed by atoms with van der Waals surface area (Å²) in [5.41, 5.74) is 8.16. The van der Waals surface area contributed by atoms with Crippen molar-refractivity contribution < 1.29 is 4.39 Å². The van der Waals surface area contributed by atoms with Crippen LogP contribution in [-0.2, 0) is 0 Å². The molecule has 0 aliphatic rings. The summed E-state index contributed by atoms with van der Waals surface area (Å²) in [5.74, 6) is -0.260. The Morgan fingerprint density at radius 3 is 2.59 bits per heavy atom. The molecule has 0 spiro atoms. The lowest BCUT2D eigenvalue weighted by Gasteiger charge is -2.13. The fourth-order valence-electron chi connectivity index (χ4n) is 1.86. The summed E-state index contributed by atoms with van der Waals surface area (Å²) < 4.78 is 14.1. The Hall–Kier alpha value is -0.710. The molecule has 2 aromatic rings. The Morgan fingerprint density at radius 2 is 2.00 bits per heavy atom. The number of aryl methyl sites for hydroxylation is 2. The zero-order valence-electron chi connectivity index (χ0n) is 9.63. The summed E-state index contributed by atoms with van der Waals surface area (Å²) in [7, 11) is 0. The van der Waals surface area contributed by atoms with Crippen LogP contribution >= 0.6 is 27.3 Å². The quantitative estimate of drug-likeness (QED) is 0.878. The third-order valence-corrected chi connectivity index (χ3v) is 4.61. The third kappa shape index (κ3) is 2.59. The van der Waals surface area contributed by atoms with Gasteiger partial charge in [0.2, 0.25) is 0 Å². The SMILES string of the molecule is Cc1cc(C)c(C(N)c2cc(F)ccc2Br)s1. The Morgan fingerprint density at radius 1 is 1.29 bits per heavy atom. The van der Waals surface area contributed by atoms with Crippen molar-refractivity contribution in [2.75, 3.05) is 0 Å². The van der Waals surface area contributed by atoms with Crippen molar-refractivity contribution in [2.24, 2.45) is 5.73 Å². The van der Waals surface area contributed by atoms with Gasteiger partial charge in [-0.05, 0) is 49.2 Å². The number of rotatable bonds is 2. The molecule has 0 aliphatic heterocycles. The highest BCUT2D eigenvalue weighted by Crippen LogP contribution is 2.33.